The lowest BCUT2D eigenvalue weighted by Gasteiger charge is -2.38. The maximum Gasteiger partial charge on any atom is 0.240 e. The third-order valence-electron chi connectivity index (χ3n) is 5.04. The Morgan fingerprint density at radius 3 is 2.56 bits per heavy atom. The van der Waals surface area contributed by atoms with Crippen LogP contribution in [0, 0.1) is 11.8 Å². The number of carbonyl (C=O) groups is 1. The lowest BCUT2D eigenvalue weighted by atomic mass is 9.79. The molecule has 1 amide bonds. The first-order valence-corrected chi connectivity index (χ1v) is 7.71. The number of nitrogens with zero attached hydrogens (tertiary/aromatic N) is 1. The average Bonchev–Trinajstić information content (AvgIpc) is 3.07. The van der Waals surface area contributed by atoms with Crippen molar-refractivity contribution < 1.29 is 4.79 Å². The Morgan fingerprint density at radius 2 is 1.89 bits per heavy atom. The first-order chi connectivity index (χ1) is 8.65. The van der Waals surface area contributed by atoms with E-state index in [1.807, 2.05) is 0 Å². The van der Waals surface area contributed by atoms with Crippen molar-refractivity contribution in [3.05, 3.63) is 0 Å². The van der Waals surface area contributed by atoms with Crippen LogP contribution in [0.4, 0.5) is 0 Å². The molecule has 0 radical (unpaired) electrons. The number of hydrogen-bond donors (Lipinski definition) is 1. The quantitative estimate of drug-likeness (QED) is 0.832. The van der Waals surface area contributed by atoms with Crippen LogP contribution in [-0.4, -0.2) is 35.5 Å². The highest BCUT2D eigenvalue weighted by Crippen LogP contribution is 2.34. The van der Waals surface area contributed by atoms with Crippen LogP contribution in [0.5, 0.6) is 0 Å². The average molecular weight is 250 g/mol. The predicted molar refractivity (Wildman–Crippen MR) is 72.2 cm³/mol. The summed E-state index contributed by atoms with van der Waals surface area (Å²) >= 11 is 0. The Kier molecular flexibility index (Phi) is 3.35. The minimum absolute atomic E-state index is 0.129. The van der Waals surface area contributed by atoms with Gasteiger partial charge in [0.25, 0.3) is 0 Å². The minimum Gasteiger partial charge on any atom is -0.338 e. The predicted octanol–water partition coefficient (Wildman–Crippen LogP) is 2.16. The summed E-state index contributed by atoms with van der Waals surface area (Å²) in [5.74, 6) is 1.90. The lowest BCUT2D eigenvalue weighted by molar-refractivity contribution is -0.133. The molecule has 1 heterocycles. The van der Waals surface area contributed by atoms with Gasteiger partial charge in [0, 0.05) is 18.6 Å². The van der Waals surface area contributed by atoms with Gasteiger partial charge in [-0.2, -0.15) is 0 Å². The highest BCUT2D eigenvalue weighted by Gasteiger charge is 2.41. The second-order valence-corrected chi connectivity index (χ2v) is 6.78. The van der Waals surface area contributed by atoms with E-state index in [4.69, 9.17) is 0 Å². The Balaban J connectivity index is 1.60. The monoisotopic (exact) mass is 250 g/mol. The molecule has 3 aliphatic rings. The van der Waals surface area contributed by atoms with Gasteiger partial charge in [-0.1, -0.05) is 13.8 Å². The molecule has 2 aliphatic carbocycles. The van der Waals surface area contributed by atoms with Crippen LogP contribution < -0.4 is 5.32 Å². The second kappa shape index (κ2) is 4.84. The van der Waals surface area contributed by atoms with Crippen molar-refractivity contribution in [1.29, 1.82) is 0 Å². The van der Waals surface area contributed by atoms with Crippen molar-refractivity contribution in [2.45, 2.75) is 70.5 Å². The highest BCUT2D eigenvalue weighted by molar-refractivity contribution is 5.84. The Bertz CT molecular complexity index is 326. The van der Waals surface area contributed by atoms with Crippen molar-refractivity contribution in [2.75, 3.05) is 6.54 Å². The lowest BCUT2D eigenvalue weighted by Crippen LogP contribution is -2.47. The Morgan fingerprint density at radius 1 is 1.11 bits per heavy atom. The molecule has 1 aliphatic heterocycles. The van der Waals surface area contributed by atoms with Gasteiger partial charge in [-0.05, 0) is 50.4 Å². The zero-order valence-electron chi connectivity index (χ0n) is 11.7. The summed E-state index contributed by atoms with van der Waals surface area (Å²) in [4.78, 5) is 14.6. The van der Waals surface area contributed by atoms with Gasteiger partial charge in [0.15, 0.2) is 0 Å². The summed E-state index contributed by atoms with van der Waals surface area (Å²) in [6.07, 6.45) is 7.34. The first kappa shape index (κ1) is 12.5. The number of rotatable bonds is 3. The summed E-state index contributed by atoms with van der Waals surface area (Å²) < 4.78 is 0. The molecule has 0 aromatic heterocycles. The number of amides is 1. The molecule has 3 heteroatoms. The van der Waals surface area contributed by atoms with Crippen LogP contribution in [0.2, 0.25) is 0 Å². The summed E-state index contributed by atoms with van der Waals surface area (Å²) in [6, 6.07) is 1.28. The van der Waals surface area contributed by atoms with E-state index in [1.54, 1.807) is 0 Å². The standard InChI is InChI=1S/C15H26N2O/c1-10-3-6-14(11(2)9-10)17-8-7-13(15(17)18)16-12-4-5-12/h10-14,16H,3-9H2,1-2H3. The van der Waals surface area contributed by atoms with Crippen molar-refractivity contribution >= 4 is 5.91 Å². The summed E-state index contributed by atoms with van der Waals surface area (Å²) in [6.45, 7) is 5.65. The molecular weight excluding hydrogens is 224 g/mol. The number of carbonyl (C=O) groups excluding carboxylic acids is 1. The molecule has 3 fully saturated rings. The summed E-state index contributed by atoms with van der Waals surface area (Å²) in [7, 11) is 0. The van der Waals surface area contributed by atoms with Crippen LogP contribution in [0.25, 0.3) is 0 Å². The SMILES string of the molecule is CC1CCC(N2CCC(NC3CC3)C2=O)C(C)C1. The zero-order valence-corrected chi connectivity index (χ0v) is 11.7. The third kappa shape index (κ3) is 2.42. The highest BCUT2D eigenvalue weighted by atomic mass is 16.2. The minimum atomic E-state index is 0.129. The second-order valence-electron chi connectivity index (χ2n) is 6.78. The van der Waals surface area contributed by atoms with Gasteiger partial charge in [0.2, 0.25) is 5.91 Å². The Hall–Kier alpha value is -0.570. The van der Waals surface area contributed by atoms with Gasteiger partial charge in [-0.15, -0.1) is 0 Å². The van der Waals surface area contributed by atoms with Crippen LogP contribution >= 0.6 is 0 Å². The molecule has 0 aromatic carbocycles. The normalized spacial score (nSPS) is 41.4. The molecule has 102 valence electrons. The number of nitrogens with one attached hydrogen (secondary N) is 1. The third-order valence-corrected chi connectivity index (χ3v) is 5.04. The molecule has 1 N–H and O–H groups in total. The maximum absolute atomic E-state index is 12.5. The zero-order chi connectivity index (χ0) is 12.7. The molecular formula is C15H26N2O. The van der Waals surface area contributed by atoms with Crippen LogP contribution in [0.1, 0.15) is 52.4 Å². The van der Waals surface area contributed by atoms with E-state index < -0.39 is 0 Å². The molecule has 4 unspecified atom stereocenters. The van der Waals surface area contributed by atoms with Crippen molar-refractivity contribution in [2.24, 2.45) is 11.8 Å². The van der Waals surface area contributed by atoms with Gasteiger partial charge >= 0.3 is 0 Å². The van der Waals surface area contributed by atoms with Crippen LogP contribution in [0.15, 0.2) is 0 Å². The topological polar surface area (TPSA) is 32.3 Å². The van der Waals surface area contributed by atoms with E-state index in [2.05, 4.69) is 24.1 Å². The first-order valence-electron chi connectivity index (χ1n) is 7.71. The van der Waals surface area contributed by atoms with Crippen molar-refractivity contribution in [3.8, 4) is 0 Å². The number of likely N-dealkylation sites (tertiary alicyclic amines) is 1. The smallest absolute Gasteiger partial charge is 0.240 e. The van der Waals surface area contributed by atoms with Gasteiger partial charge in [-0.3, -0.25) is 4.79 Å². The molecule has 4 atom stereocenters. The van der Waals surface area contributed by atoms with Crippen LogP contribution in [0.3, 0.4) is 0 Å². The fourth-order valence-corrected chi connectivity index (χ4v) is 3.83. The molecule has 0 aromatic rings. The van der Waals surface area contributed by atoms with Gasteiger partial charge < -0.3 is 10.2 Å². The maximum atomic E-state index is 12.5. The van der Waals surface area contributed by atoms with Gasteiger partial charge in [-0.25, -0.2) is 0 Å². The van der Waals surface area contributed by atoms with Crippen molar-refractivity contribution in [3.63, 3.8) is 0 Å². The van der Waals surface area contributed by atoms with Gasteiger partial charge in [0.05, 0.1) is 6.04 Å². The van der Waals surface area contributed by atoms with E-state index in [9.17, 15) is 4.79 Å². The molecule has 2 saturated carbocycles. The van der Waals surface area contributed by atoms with Gasteiger partial charge in [0.1, 0.15) is 0 Å². The fourth-order valence-electron chi connectivity index (χ4n) is 3.83. The molecule has 3 nitrogen and oxygen atoms in total. The van der Waals surface area contributed by atoms with Crippen LogP contribution in [-0.2, 0) is 4.79 Å². The van der Waals surface area contributed by atoms with E-state index >= 15 is 0 Å². The summed E-state index contributed by atoms with van der Waals surface area (Å²) in [5.41, 5.74) is 0. The largest absolute Gasteiger partial charge is 0.338 e. The number of hydrogen-bond acceptors (Lipinski definition) is 2. The Labute approximate surface area is 110 Å². The molecule has 1 saturated heterocycles. The molecule has 18 heavy (non-hydrogen) atoms. The van der Waals surface area contributed by atoms with E-state index in [1.165, 1.54) is 32.1 Å². The summed E-state index contributed by atoms with van der Waals surface area (Å²) in [5, 5.41) is 3.50. The molecule has 3 rings (SSSR count). The van der Waals surface area contributed by atoms with Crippen molar-refractivity contribution in [1.82, 2.24) is 10.2 Å². The van der Waals surface area contributed by atoms with E-state index in [0.717, 1.165) is 18.9 Å². The van der Waals surface area contributed by atoms with E-state index in [0.29, 0.717) is 23.9 Å². The van der Waals surface area contributed by atoms with E-state index in [-0.39, 0.29) is 6.04 Å². The fraction of sp³-hybridized carbons (Fsp3) is 0.933. The molecule has 0 spiro atoms. The molecule has 0 bridgehead atoms.